The van der Waals surface area contributed by atoms with Crippen LogP contribution < -0.4 is 5.32 Å². The van der Waals surface area contributed by atoms with Crippen LogP contribution in [0.1, 0.15) is 17.1 Å². The van der Waals surface area contributed by atoms with E-state index in [4.69, 9.17) is 0 Å². The van der Waals surface area contributed by atoms with E-state index in [1.807, 2.05) is 13.0 Å². The second kappa shape index (κ2) is 4.76. The van der Waals surface area contributed by atoms with Crippen LogP contribution >= 0.6 is 0 Å². The molecule has 0 spiro atoms. The molecule has 3 N–H and O–H groups in total. The Morgan fingerprint density at radius 1 is 1.31 bits per heavy atom. The molecule has 2 rings (SSSR count). The van der Waals surface area contributed by atoms with Gasteiger partial charge in [0.25, 0.3) is 0 Å². The van der Waals surface area contributed by atoms with Gasteiger partial charge in [0.2, 0.25) is 0 Å². The standard InChI is InChI=1S/C11H14N4O/c1-8-2-3-11(16)10(14-8)7-12-6-9-4-5-13-15-9/h2-5,12,16H,6-7H2,1H3,(H,13,15). The molecule has 0 saturated heterocycles. The van der Waals surface area contributed by atoms with Gasteiger partial charge in [0.05, 0.1) is 5.69 Å². The number of hydrogen-bond donors (Lipinski definition) is 3. The molecule has 16 heavy (non-hydrogen) atoms. The third kappa shape index (κ3) is 2.58. The molecule has 0 aromatic carbocycles. The predicted octanol–water partition coefficient (Wildman–Crippen LogP) is 1.11. The molecule has 0 aliphatic heterocycles. The van der Waals surface area contributed by atoms with Gasteiger partial charge in [0, 0.05) is 30.7 Å². The minimum Gasteiger partial charge on any atom is -0.506 e. The number of nitrogens with zero attached hydrogens (tertiary/aromatic N) is 2. The fraction of sp³-hybridized carbons (Fsp3) is 0.273. The second-order valence-corrected chi connectivity index (χ2v) is 3.60. The van der Waals surface area contributed by atoms with Crippen LogP contribution in [0, 0.1) is 6.92 Å². The fourth-order valence-corrected chi connectivity index (χ4v) is 1.43. The Hall–Kier alpha value is -1.88. The van der Waals surface area contributed by atoms with Crippen molar-refractivity contribution in [1.29, 1.82) is 0 Å². The molecule has 0 saturated carbocycles. The maximum Gasteiger partial charge on any atom is 0.138 e. The van der Waals surface area contributed by atoms with Crippen LogP contribution in [0.5, 0.6) is 5.75 Å². The van der Waals surface area contributed by atoms with Crippen molar-refractivity contribution in [2.45, 2.75) is 20.0 Å². The van der Waals surface area contributed by atoms with Crippen LogP contribution in [0.25, 0.3) is 0 Å². The van der Waals surface area contributed by atoms with Crippen molar-refractivity contribution in [3.8, 4) is 5.75 Å². The molecule has 0 atom stereocenters. The van der Waals surface area contributed by atoms with E-state index in [2.05, 4.69) is 20.5 Å². The Morgan fingerprint density at radius 2 is 2.19 bits per heavy atom. The van der Waals surface area contributed by atoms with Gasteiger partial charge in [-0.1, -0.05) is 0 Å². The molecule has 0 aliphatic carbocycles. The zero-order chi connectivity index (χ0) is 11.4. The van der Waals surface area contributed by atoms with Gasteiger partial charge in [-0.25, -0.2) is 0 Å². The lowest BCUT2D eigenvalue weighted by atomic mass is 10.3. The van der Waals surface area contributed by atoms with Gasteiger partial charge >= 0.3 is 0 Å². The first kappa shape index (κ1) is 10.6. The Labute approximate surface area is 93.5 Å². The average Bonchev–Trinajstić information content (AvgIpc) is 2.76. The molecule has 5 heteroatoms. The van der Waals surface area contributed by atoms with Crippen LogP contribution in [0.4, 0.5) is 0 Å². The lowest BCUT2D eigenvalue weighted by Crippen LogP contribution is -2.14. The highest BCUT2D eigenvalue weighted by atomic mass is 16.3. The average molecular weight is 218 g/mol. The normalized spacial score (nSPS) is 10.6. The molecular formula is C11H14N4O. The molecule has 0 bridgehead atoms. The van der Waals surface area contributed by atoms with E-state index in [0.29, 0.717) is 18.8 Å². The first-order valence-corrected chi connectivity index (χ1v) is 5.10. The van der Waals surface area contributed by atoms with Gasteiger partial charge in [-0.2, -0.15) is 5.10 Å². The lowest BCUT2D eigenvalue weighted by molar-refractivity contribution is 0.458. The van der Waals surface area contributed by atoms with Crippen molar-refractivity contribution in [3.05, 3.63) is 41.5 Å². The van der Waals surface area contributed by atoms with Gasteiger partial charge in [-0.05, 0) is 25.1 Å². The van der Waals surface area contributed by atoms with Crippen molar-refractivity contribution in [3.63, 3.8) is 0 Å². The minimum absolute atomic E-state index is 0.225. The maximum atomic E-state index is 9.57. The number of aryl methyl sites for hydroxylation is 1. The molecule has 5 nitrogen and oxygen atoms in total. The molecule has 0 fully saturated rings. The van der Waals surface area contributed by atoms with Crippen LogP contribution in [0.3, 0.4) is 0 Å². The number of hydrogen-bond acceptors (Lipinski definition) is 4. The van der Waals surface area contributed by atoms with E-state index in [1.54, 1.807) is 18.3 Å². The van der Waals surface area contributed by atoms with Crippen LogP contribution in [-0.4, -0.2) is 20.3 Å². The zero-order valence-corrected chi connectivity index (χ0v) is 9.07. The summed E-state index contributed by atoms with van der Waals surface area (Å²) in [6.07, 6.45) is 1.71. The number of pyridine rings is 1. The molecule has 84 valence electrons. The van der Waals surface area contributed by atoms with Crippen molar-refractivity contribution in [1.82, 2.24) is 20.5 Å². The summed E-state index contributed by atoms with van der Waals surface area (Å²) in [5.41, 5.74) is 2.57. The Kier molecular flexibility index (Phi) is 3.16. The van der Waals surface area contributed by atoms with E-state index in [1.165, 1.54) is 0 Å². The van der Waals surface area contributed by atoms with Gasteiger partial charge in [-0.15, -0.1) is 0 Å². The SMILES string of the molecule is Cc1ccc(O)c(CNCc2ccn[nH]2)n1. The summed E-state index contributed by atoms with van der Waals surface area (Å²) < 4.78 is 0. The van der Waals surface area contributed by atoms with Crippen molar-refractivity contribution < 1.29 is 5.11 Å². The molecule has 2 aromatic rings. The molecule has 0 unspecified atom stereocenters. The highest BCUT2D eigenvalue weighted by molar-refractivity contribution is 5.27. The monoisotopic (exact) mass is 218 g/mol. The van der Waals surface area contributed by atoms with E-state index < -0.39 is 0 Å². The Bertz CT molecular complexity index is 453. The summed E-state index contributed by atoms with van der Waals surface area (Å²) >= 11 is 0. The van der Waals surface area contributed by atoms with E-state index in [9.17, 15) is 5.11 Å². The summed E-state index contributed by atoms with van der Waals surface area (Å²) in [5, 5.41) is 19.5. The third-order valence-corrected chi connectivity index (χ3v) is 2.26. The zero-order valence-electron chi connectivity index (χ0n) is 9.07. The molecule has 0 amide bonds. The smallest absolute Gasteiger partial charge is 0.138 e. The van der Waals surface area contributed by atoms with Crippen LogP contribution in [0.2, 0.25) is 0 Å². The molecule has 0 aliphatic rings. The van der Waals surface area contributed by atoms with Gasteiger partial charge in [-0.3, -0.25) is 10.1 Å². The maximum absolute atomic E-state index is 9.57. The van der Waals surface area contributed by atoms with E-state index in [0.717, 1.165) is 11.4 Å². The number of nitrogens with one attached hydrogen (secondary N) is 2. The van der Waals surface area contributed by atoms with Gasteiger partial charge in [0.15, 0.2) is 0 Å². The number of rotatable bonds is 4. The summed E-state index contributed by atoms with van der Waals surface area (Å²) in [4.78, 5) is 4.25. The first-order valence-electron chi connectivity index (χ1n) is 5.10. The highest BCUT2D eigenvalue weighted by Crippen LogP contribution is 2.14. The number of aromatic amines is 1. The Morgan fingerprint density at radius 3 is 2.94 bits per heavy atom. The summed E-state index contributed by atoms with van der Waals surface area (Å²) in [5.74, 6) is 0.225. The number of aromatic nitrogens is 3. The third-order valence-electron chi connectivity index (χ3n) is 2.26. The second-order valence-electron chi connectivity index (χ2n) is 3.60. The quantitative estimate of drug-likeness (QED) is 0.718. The molecule has 0 radical (unpaired) electrons. The number of H-pyrrole nitrogens is 1. The molecular weight excluding hydrogens is 204 g/mol. The summed E-state index contributed by atoms with van der Waals surface area (Å²) in [6.45, 7) is 3.11. The van der Waals surface area contributed by atoms with Gasteiger partial charge in [0.1, 0.15) is 5.75 Å². The van der Waals surface area contributed by atoms with Crippen LogP contribution in [0.15, 0.2) is 24.4 Å². The first-order chi connectivity index (χ1) is 7.75. The summed E-state index contributed by atoms with van der Waals surface area (Å²) in [6, 6.07) is 5.35. The highest BCUT2D eigenvalue weighted by Gasteiger charge is 2.02. The van der Waals surface area contributed by atoms with E-state index in [-0.39, 0.29) is 5.75 Å². The molecule has 2 aromatic heterocycles. The topological polar surface area (TPSA) is 73.8 Å². The van der Waals surface area contributed by atoms with Crippen molar-refractivity contribution in [2.24, 2.45) is 0 Å². The van der Waals surface area contributed by atoms with E-state index >= 15 is 0 Å². The van der Waals surface area contributed by atoms with Gasteiger partial charge < -0.3 is 10.4 Å². The minimum atomic E-state index is 0.225. The molecule has 2 heterocycles. The fourth-order valence-electron chi connectivity index (χ4n) is 1.43. The van der Waals surface area contributed by atoms with Crippen LogP contribution in [-0.2, 0) is 13.1 Å². The number of aromatic hydroxyl groups is 1. The lowest BCUT2D eigenvalue weighted by Gasteiger charge is -2.05. The van der Waals surface area contributed by atoms with Crippen molar-refractivity contribution in [2.75, 3.05) is 0 Å². The van der Waals surface area contributed by atoms with Crippen molar-refractivity contribution >= 4 is 0 Å². The Balaban J connectivity index is 1.92. The summed E-state index contributed by atoms with van der Waals surface area (Å²) in [7, 11) is 0. The largest absolute Gasteiger partial charge is 0.506 e. The predicted molar refractivity (Wildman–Crippen MR) is 59.8 cm³/mol.